The van der Waals surface area contributed by atoms with Crippen LogP contribution in [-0.2, 0) is 0 Å². The van der Waals surface area contributed by atoms with Crippen LogP contribution in [0.3, 0.4) is 0 Å². The quantitative estimate of drug-likeness (QED) is 0.859. The fourth-order valence-corrected chi connectivity index (χ4v) is 3.03. The van der Waals surface area contributed by atoms with Crippen LogP contribution in [-0.4, -0.2) is 36.0 Å². The number of nitrogens with one attached hydrogen (secondary N) is 1. The van der Waals surface area contributed by atoms with E-state index in [4.69, 9.17) is 22.1 Å². The summed E-state index contributed by atoms with van der Waals surface area (Å²) in [6, 6.07) is 13.7. The normalized spacial score (nSPS) is 14.7. The number of amides is 3. The van der Waals surface area contributed by atoms with Gasteiger partial charge in [0.25, 0.3) is 0 Å². The number of carbonyl (C=O) groups excluding carboxylic acids is 2. The maximum atomic E-state index is 12.4. The number of nitrogens with two attached hydrogens (primary N) is 1. The maximum absolute atomic E-state index is 12.4. The minimum absolute atomic E-state index is 0.0251. The van der Waals surface area contributed by atoms with Crippen LogP contribution < -0.4 is 15.8 Å². The largest absolute Gasteiger partial charge is 0.489 e. The number of halogens is 1. The van der Waals surface area contributed by atoms with E-state index in [9.17, 15) is 9.59 Å². The summed E-state index contributed by atoms with van der Waals surface area (Å²) in [5.41, 5.74) is 6.16. The Hall–Kier alpha value is -2.73. The molecule has 3 N–H and O–H groups in total. The second kappa shape index (κ2) is 8.10. The minimum Gasteiger partial charge on any atom is -0.489 e. The van der Waals surface area contributed by atoms with Crippen LogP contribution in [0.25, 0.3) is 0 Å². The molecule has 0 spiro atoms. The number of piperidine rings is 1. The molecule has 0 bridgehead atoms. The number of anilines is 1. The number of benzene rings is 2. The molecule has 1 heterocycles. The molecule has 7 heteroatoms. The SMILES string of the molecule is NC(=O)c1cccc(NC(=O)N2CCC(Oc3ccccc3Cl)CC2)c1. The molecule has 3 amide bonds. The van der Waals surface area contributed by atoms with Gasteiger partial charge in [0.2, 0.25) is 5.91 Å². The first kappa shape index (κ1) is 18.1. The highest BCUT2D eigenvalue weighted by Gasteiger charge is 2.24. The smallest absolute Gasteiger partial charge is 0.321 e. The van der Waals surface area contributed by atoms with Crippen molar-refractivity contribution in [2.45, 2.75) is 18.9 Å². The van der Waals surface area contributed by atoms with E-state index in [1.165, 1.54) is 0 Å². The zero-order chi connectivity index (χ0) is 18.5. The zero-order valence-corrected chi connectivity index (χ0v) is 14.9. The lowest BCUT2D eigenvalue weighted by atomic mass is 10.1. The fraction of sp³-hybridized carbons (Fsp3) is 0.263. The van der Waals surface area contributed by atoms with Crippen molar-refractivity contribution in [3.05, 3.63) is 59.1 Å². The Bertz CT molecular complexity index is 804. The lowest BCUT2D eigenvalue weighted by Gasteiger charge is -2.32. The highest BCUT2D eigenvalue weighted by atomic mass is 35.5. The van der Waals surface area contributed by atoms with Crippen molar-refractivity contribution in [3.63, 3.8) is 0 Å². The van der Waals surface area contributed by atoms with Crippen molar-refractivity contribution >= 4 is 29.2 Å². The number of carbonyl (C=O) groups is 2. The van der Waals surface area contributed by atoms with Gasteiger partial charge in [0, 0.05) is 37.2 Å². The van der Waals surface area contributed by atoms with Gasteiger partial charge in [-0.25, -0.2) is 4.79 Å². The van der Waals surface area contributed by atoms with Gasteiger partial charge in [-0.1, -0.05) is 29.8 Å². The first-order chi connectivity index (χ1) is 12.5. The van der Waals surface area contributed by atoms with Gasteiger partial charge >= 0.3 is 6.03 Å². The average molecular weight is 374 g/mol. The molecule has 0 atom stereocenters. The Morgan fingerprint density at radius 3 is 2.54 bits per heavy atom. The van der Waals surface area contributed by atoms with Gasteiger partial charge in [-0.2, -0.15) is 0 Å². The molecule has 0 aliphatic carbocycles. The van der Waals surface area contributed by atoms with Gasteiger partial charge in [0.05, 0.1) is 5.02 Å². The van der Waals surface area contributed by atoms with Gasteiger partial charge < -0.3 is 20.7 Å². The van der Waals surface area contributed by atoms with E-state index in [1.54, 1.807) is 35.2 Å². The third kappa shape index (κ3) is 4.46. The highest BCUT2D eigenvalue weighted by molar-refractivity contribution is 6.32. The van der Waals surface area contributed by atoms with Crippen LogP contribution in [0.2, 0.25) is 5.02 Å². The van der Waals surface area contributed by atoms with Crippen LogP contribution in [0.4, 0.5) is 10.5 Å². The van der Waals surface area contributed by atoms with E-state index in [2.05, 4.69) is 5.32 Å². The predicted octanol–water partition coefficient (Wildman–Crippen LogP) is 3.51. The molecule has 0 aromatic heterocycles. The zero-order valence-electron chi connectivity index (χ0n) is 14.2. The minimum atomic E-state index is -0.529. The van der Waals surface area contributed by atoms with Crippen LogP contribution in [0.1, 0.15) is 23.2 Å². The molecule has 1 fully saturated rings. The summed E-state index contributed by atoms with van der Waals surface area (Å²) in [5, 5.41) is 3.38. The molecule has 3 rings (SSSR count). The number of ether oxygens (including phenoxy) is 1. The Balaban J connectivity index is 1.53. The summed E-state index contributed by atoms with van der Waals surface area (Å²) < 4.78 is 5.93. The number of likely N-dealkylation sites (tertiary alicyclic amines) is 1. The molecule has 1 saturated heterocycles. The van der Waals surface area contributed by atoms with Crippen molar-refractivity contribution in [2.75, 3.05) is 18.4 Å². The fourth-order valence-electron chi connectivity index (χ4n) is 2.85. The first-order valence-corrected chi connectivity index (χ1v) is 8.77. The molecule has 2 aromatic rings. The van der Waals surface area contributed by atoms with E-state index in [0.29, 0.717) is 35.1 Å². The van der Waals surface area contributed by atoms with Crippen LogP contribution >= 0.6 is 11.6 Å². The van der Waals surface area contributed by atoms with Crippen molar-refractivity contribution in [1.82, 2.24) is 4.90 Å². The number of primary amides is 1. The Kier molecular flexibility index (Phi) is 5.63. The Morgan fingerprint density at radius 1 is 1.12 bits per heavy atom. The van der Waals surface area contributed by atoms with Crippen LogP contribution in [0.15, 0.2) is 48.5 Å². The van der Waals surface area contributed by atoms with Gasteiger partial charge in [-0.3, -0.25) is 4.79 Å². The number of nitrogens with zero attached hydrogens (tertiary/aromatic N) is 1. The van der Waals surface area contributed by atoms with E-state index < -0.39 is 5.91 Å². The molecule has 1 aliphatic rings. The summed E-state index contributed by atoms with van der Waals surface area (Å²) in [5.74, 6) is 0.138. The number of rotatable bonds is 4. The Morgan fingerprint density at radius 2 is 1.85 bits per heavy atom. The monoisotopic (exact) mass is 373 g/mol. The molecule has 0 saturated carbocycles. The average Bonchev–Trinajstić information content (AvgIpc) is 2.64. The molecular weight excluding hydrogens is 354 g/mol. The second-order valence-electron chi connectivity index (χ2n) is 6.11. The van der Waals surface area contributed by atoms with Crippen molar-refractivity contribution in [2.24, 2.45) is 5.73 Å². The molecule has 6 nitrogen and oxygen atoms in total. The highest BCUT2D eigenvalue weighted by Crippen LogP contribution is 2.27. The lowest BCUT2D eigenvalue weighted by Crippen LogP contribution is -2.43. The van der Waals surface area contributed by atoms with Crippen molar-refractivity contribution < 1.29 is 14.3 Å². The molecule has 0 radical (unpaired) electrons. The topological polar surface area (TPSA) is 84.7 Å². The first-order valence-electron chi connectivity index (χ1n) is 8.40. The maximum Gasteiger partial charge on any atom is 0.321 e. The number of hydrogen-bond donors (Lipinski definition) is 2. The summed E-state index contributed by atoms with van der Waals surface area (Å²) in [6.07, 6.45) is 1.47. The Labute approximate surface area is 156 Å². The second-order valence-corrected chi connectivity index (χ2v) is 6.52. The van der Waals surface area contributed by atoms with Gasteiger partial charge in [0.1, 0.15) is 11.9 Å². The van der Waals surface area contributed by atoms with E-state index in [0.717, 1.165) is 12.8 Å². The molecule has 2 aromatic carbocycles. The lowest BCUT2D eigenvalue weighted by molar-refractivity contribution is 0.1000. The van der Waals surface area contributed by atoms with Gasteiger partial charge in [0.15, 0.2) is 0 Å². The number of urea groups is 1. The molecule has 26 heavy (non-hydrogen) atoms. The van der Waals surface area contributed by atoms with Crippen LogP contribution in [0.5, 0.6) is 5.75 Å². The van der Waals surface area contributed by atoms with Gasteiger partial charge in [-0.05, 0) is 30.3 Å². The summed E-state index contributed by atoms with van der Waals surface area (Å²) in [7, 11) is 0. The number of hydrogen-bond acceptors (Lipinski definition) is 3. The molecular formula is C19H20ClN3O3. The molecule has 1 aliphatic heterocycles. The third-order valence-corrected chi connectivity index (χ3v) is 4.57. The summed E-state index contributed by atoms with van der Waals surface area (Å²) >= 11 is 6.12. The predicted molar refractivity (Wildman–Crippen MR) is 101 cm³/mol. The van der Waals surface area contributed by atoms with E-state index in [-0.39, 0.29) is 12.1 Å². The third-order valence-electron chi connectivity index (χ3n) is 4.26. The summed E-state index contributed by atoms with van der Waals surface area (Å²) in [4.78, 5) is 25.4. The summed E-state index contributed by atoms with van der Waals surface area (Å²) in [6.45, 7) is 1.16. The molecule has 136 valence electrons. The van der Waals surface area contributed by atoms with Crippen molar-refractivity contribution in [3.8, 4) is 5.75 Å². The van der Waals surface area contributed by atoms with E-state index in [1.807, 2.05) is 18.2 Å². The number of para-hydroxylation sites is 1. The van der Waals surface area contributed by atoms with Crippen molar-refractivity contribution in [1.29, 1.82) is 0 Å². The van der Waals surface area contributed by atoms with E-state index >= 15 is 0 Å². The molecule has 0 unspecified atom stereocenters. The van der Waals surface area contributed by atoms with Gasteiger partial charge in [-0.15, -0.1) is 0 Å². The standard InChI is InChI=1S/C19H20ClN3O3/c20-16-6-1-2-7-17(16)26-15-8-10-23(11-9-15)19(25)22-14-5-3-4-13(12-14)18(21)24/h1-7,12,15H,8-11H2,(H2,21,24)(H,22,25). The van der Waals surface area contributed by atoms with Crippen LogP contribution in [0, 0.1) is 0 Å².